The van der Waals surface area contributed by atoms with Crippen LogP contribution in [0.25, 0.3) is 0 Å². The van der Waals surface area contributed by atoms with Crippen LogP contribution in [0.3, 0.4) is 0 Å². The Labute approximate surface area is 167 Å². The second-order valence-electron chi connectivity index (χ2n) is 6.41. The van der Waals surface area contributed by atoms with Gasteiger partial charge in [-0.15, -0.1) is 0 Å². The third-order valence-electron chi connectivity index (χ3n) is 4.05. The number of carbonyl (C=O) groups is 2. The molecule has 1 aromatic carbocycles. The number of unbranched alkanes of at least 4 members (excludes halogenated alkanes) is 2. The summed E-state index contributed by atoms with van der Waals surface area (Å²) in [7, 11) is 0. The van der Waals surface area contributed by atoms with Gasteiger partial charge < -0.3 is 30.7 Å². The Kier molecular flexibility index (Phi) is 12.1. The lowest BCUT2D eigenvalue weighted by atomic mass is 10.2. The molecule has 8 heteroatoms. The van der Waals surface area contributed by atoms with E-state index in [9.17, 15) is 9.59 Å². The molecule has 0 heterocycles. The highest BCUT2D eigenvalue weighted by Crippen LogP contribution is 2.16. The van der Waals surface area contributed by atoms with E-state index in [1.54, 1.807) is 12.1 Å². The molecule has 4 N–H and O–H groups in total. The summed E-state index contributed by atoms with van der Waals surface area (Å²) in [5, 5.41) is 5.43. The van der Waals surface area contributed by atoms with E-state index in [1.807, 2.05) is 17.0 Å². The van der Waals surface area contributed by atoms with Crippen LogP contribution in [0.4, 0.5) is 21.0 Å². The minimum absolute atomic E-state index is 0.227. The molecule has 1 aromatic rings. The van der Waals surface area contributed by atoms with Crippen LogP contribution in [-0.2, 0) is 9.47 Å². The van der Waals surface area contributed by atoms with Crippen LogP contribution >= 0.6 is 0 Å². The van der Waals surface area contributed by atoms with Gasteiger partial charge in [0, 0.05) is 24.5 Å². The summed E-state index contributed by atoms with van der Waals surface area (Å²) in [5.41, 5.74) is 7.33. The summed E-state index contributed by atoms with van der Waals surface area (Å²) in [5.74, 6) is 0. The molecule has 0 saturated heterocycles. The molecule has 0 radical (unpaired) electrons. The molecule has 0 atom stereocenters. The SMILES string of the molecule is CCCCNC(=O)OCCN(CCOC(=O)NCCCC)c1ccc(N)cc1. The molecule has 0 aliphatic carbocycles. The molecule has 1 rings (SSSR count). The molecule has 8 nitrogen and oxygen atoms in total. The summed E-state index contributed by atoms with van der Waals surface area (Å²) < 4.78 is 10.4. The lowest BCUT2D eigenvalue weighted by Gasteiger charge is -2.24. The van der Waals surface area contributed by atoms with E-state index in [1.165, 1.54) is 0 Å². The van der Waals surface area contributed by atoms with Gasteiger partial charge in [-0.2, -0.15) is 0 Å². The molecule has 0 aliphatic rings. The summed E-state index contributed by atoms with van der Waals surface area (Å²) in [6.07, 6.45) is 3.03. The number of alkyl carbamates (subject to hydrolysis) is 2. The van der Waals surface area contributed by atoms with E-state index in [0.29, 0.717) is 31.9 Å². The normalized spacial score (nSPS) is 10.2. The van der Waals surface area contributed by atoms with Crippen molar-refractivity contribution in [3.05, 3.63) is 24.3 Å². The quantitative estimate of drug-likeness (QED) is 0.351. The molecule has 158 valence electrons. The molecule has 0 bridgehead atoms. The topological polar surface area (TPSA) is 106 Å². The number of nitrogens with one attached hydrogen (secondary N) is 2. The molecule has 0 unspecified atom stereocenters. The zero-order chi connectivity index (χ0) is 20.6. The van der Waals surface area contributed by atoms with Crippen molar-refractivity contribution in [1.82, 2.24) is 10.6 Å². The smallest absolute Gasteiger partial charge is 0.407 e. The molecule has 28 heavy (non-hydrogen) atoms. The number of benzene rings is 1. The first-order valence-corrected chi connectivity index (χ1v) is 9.98. The van der Waals surface area contributed by atoms with E-state index in [4.69, 9.17) is 15.2 Å². The number of anilines is 2. The van der Waals surface area contributed by atoms with Crippen molar-refractivity contribution in [2.75, 3.05) is 50.0 Å². The second kappa shape index (κ2) is 14.4. The first-order valence-electron chi connectivity index (χ1n) is 9.98. The predicted octanol–water partition coefficient (Wildman–Crippen LogP) is 3.13. The van der Waals surface area contributed by atoms with Crippen LogP contribution in [0.5, 0.6) is 0 Å². The summed E-state index contributed by atoms with van der Waals surface area (Å²) in [4.78, 5) is 25.3. The lowest BCUT2D eigenvalue weighted by molar-refractivity contribution is 0.144. The predicted molar refractivity (Wildman–Crippen MR) is 112 cm³/mol. The summed E-state index contributed by atoms with van der Waals surface area (Å²) in [6, 6.07) is 7.38. The summed E-state index contributed by atoms with van der Waals surface area (Å²) in [6.45, 7) is 6.75. The Morgan fingerprint density at radius 1 is 0.893 bits per heavy atom. The van der Waals surface area contributed by atoms with Gasteiger partial charge in [0.15, 0.2) is 0 Å². The van der Waals surface area contributed by atoms with Crippen LogP contribution < -0.4 is 21.3 Å². The molecule has 0 spiro atoms. The average Bonchev–Trinajstić information content (AvgIpc) is 2.68. The lowest BCUT2D eigenvalue weighted by Crippen LogP contribution is -2.35. The highest BCUT2D eigenvalue weighted by atomic mass is 16.6. The zero-order valence-corrected chi connectivity index (χ0v) is 17.0. The fourth-order valence-electron chi connectivity index (χ4n) is 2.39. The van der Waals surface area contributed by atoms with Crippen LogP contribution in [0.15, 0.2) is 24.3 Å². The second-order valence-corrected chi connectivity index (χ2v) is 6.41. The number of carbonyl (C=O) groups excluding carboxylic acids is 2. The number of ether oxygens (including phenoxy) is 2. The van der Waals surface area contributed by atoms with Gasteiger partial charge in [0.25, 0.3) is 0 Å². The molecule has 0 saturated carbocycles. The fraction of sp³-hybridized carbons (Fsp3) is 0.600. The van der Waals surface area contributed by atoms with Gasteiger partial charge in [-0.05, 0) is 37.1 Å². The van der Waals surface area contributed by atoms with Gasteiger partial charge in [0.1, 0.15) is 13.2 Å². The van der Waals surface area contributed by atoms with Crippen LogP contribution in [0, 0.1) is 0 Å². The molecular formula is C20H34N4O4. The molecule has 0 fully saturated rings. The summed E-state index contributed by atoms with van der Waals surface area (Å²) >= 11 is 0. The van der Waals surface area contributed by atoms with Gasteiger partial charge in [-0.1, -0.05) is 26.7 Å². The monoisotopic (exact) mass is 394 g/mol. The van der Waals surface area contributed by atoms with Gasteiger partial charge >= 0.3 is 12.2 Å². The minimum atomic E-state index is -0.419. The number of hydrogen-bond acceptors (Lipinski definition) is 6. The maximum absolute atomic E-state index is 11.7. The molecule has 2 amide bonds. The maximum Gasteiger partial charge on any atom is 0.407 e. The highest BCUT2D eigenvalue weighted by molar-refractivity contribution is 5.67. The van der Waals surface area contributed by atoms with Gasteiger partial charge in [-0.25, -0.2) is 9.59 Å². The van der Waals surface area contributed by atoms with Crippen LogP contribution in [-0.4, -0.2) is 51.6 Å². The van der Waals surface area contributed by atoms with Crippen molar-refractivity contribution in [3.8, 4) is 0 Å². The average molecular weight is 395 g/mol. The van der Waals surface area contributed by atoms with Crippen LogP contribution in [0.2, 0.25) is 0 Å². The Morgan fingerprint density at radius 2 is 1.36 bits per heavy atom. The first-order chi connectivity index (χ1) is 13.6. The van der Waals surface area contributed by atoms with E-state index < -0.39 is 12.2 Å². The van der Waals surface area contributed by atoms with Crippen molar-refractivity contribution < 1.29 is 19.1 Å². The zero-order valence-electron chi connectivity index (χ0n) is 17.0. The number of rotatable bonds is 13. The Hall–Kier alpha value is -2.64. The van der Waals surface area contributed by atoms with Crippen molar-refractivity contribution in [2.45, 2.75) is 39.5 Å². The maximum atomic E-state index is 11.7. The molecule has 0 aliphatic heterocycles. The third-order valence-corrected chi connectivity index (χ3v) is 4.05. The molecule has 0 aromatic heterocycles. The Bertz CT molecular complexity index is 538. The number of nitrogens with zero attached hydrogens (tertiary/aromatic N) is 1. The highest BCUT2D eigenvalue weighted by Gasteiger charge is 2.10. The molecular weight excluding hydrogens is 360 g/mol. The van der Waals surface area contributed by atoms with Gasteiger partial charge in [0.2, 0.25) is 0 Å². The number of nitrogen functional groups attached to an aromatic ring is 1. The first kappa shape index (κ1) is 23.4. The van der Waals surface area contributed by atoms with Crippen molar-refractivity contribution in [1.29, 1.82) is 0 Å². The Morgan fingerprint density at radius 3 is 1.79 bits per heavy atom. The van der Waals surface area contributed by atoms with Crippen molar-refractivity contribution in [3.63, 3.8) is 0 Å². The van der Waals surface area contributed by atoms with Gasteiger partial charge in [-0.3, -0.25) is 0 Å². The number of amides is 2. The van der Waals surface area contributed by atoms with Crippen molar-refractivity contribution in [2.24, 2.45) is 0 Å². The van der Waals surface area contributed by atoms with Crippen molar-refractivity contribution >= 4 is 23.6 Å². The fourth-order valence-corrected chi connectivity index (χ4v) is 2.39. The van der Waals surface area contributed by atoms with E-state index >= 15 is 0 Å². The largest absolute Gasteiger partial charge is 0.448 e. The van der Waals surface area contributed by atoms with E-state index in [2.05, 4.69) is 24.5 Å². The van der Waals surface area contributed by atoms with E-state index in [-0.39, 0.29) is 13.2 Å². The minimum Gasteiger partial charge on any atom is -0.448 e. The van der Waals surface area contributed by atoms with E-state index in [0.717, 1.165) is 31.4 Å². The Balaban J connectivity index is 2.45. The van der Waals surface area contributed by atoms with Crippen LogP contribution in [0.1, 0.15) is 39.5 Å². The van der Waals surface area contributed by atoms with Gasteiger partial charge in [0.05, 0.1) is 13.1 Å². The standard InChI is InChI=1S/C20H34N4O4/c1-3-5-11-22-19(25)27-15-13-24(18-9-7-17(21)8-10-18)14-16-28-20(26)23-12-6-4-2/h7-10H,3-6,11-16,21H2,1-2H3,(H,22,25)(H,23,26). The third kappa shape index (κ3) is 10.5. The number of hydrogen-bond donors (Lipinski definition) is 3. The number of nitrogens with two attached hydrogens (primary N) is 1.